The fourth-order valence-corrected chi connectivity index (χ4v) is 5.55. The van der Waals surface area contributed by atoms with Crippen LogP contribution in [0.15, 0.2) is 102 Å². The Bertz CT molecular complexity index is 1560. The number of anilines is 4. The van der Waals surface area contributed by atoms with E-state index in [0.29, 0.717) is 53.6 Å². The smallest absolute Gasteiger partial charge is 0.261 e. The van der Waals surface area contributed by atoms with Crippen LogP contribution >= 0.6 is 23.8 Å². The fraction of sp³-hybridized carbons (Fsp3) is 0.138. The van der Waals surface area contributed by atoms with Gasteiger partial charge in [0.15, 0.2) is 5.11 Å². The van der Waals surface area contributed by atoms with Gasteiger partial charge < -0.3 is 25.0 Å². The maximum Gasteiger partial charge on any atom is 0.261 e. The second-order valence-electron chi connectivity index (χ2n) is 8.91. The normalized spacial score (nSPS) is 13.4. The summed E-state index contributed by atoms with van der Waals surface area (Å²) in [5.74, 6) is 1.44. The van der Waals surface area contributed by atoms with Crippen LogP contribution in [-0.4, -0.2) is 39.8 Å². The van der Waals surface area contributed by atoms with E-state index in [9.17, 15) is 8.42 Å². The van der Waals surface area contributed by atoms with Crippen LogP contribution in [0.3, 0.4) is 0 Å². The van der Waals surface area contributed by atoms with Gasteiger partial charge in [-0.3, -0.25) is 4.72 Å². The van der Waals surface area contributed by atoms with Crippen LogP contribution in [0.4, 0.5) is 22.7 Å². The van der Waals surface area contributed by atoms with E-state index in [0.717, 1.165) is 17.1 Å². The molecule has 5 rings (SSSR count). The van der Waals surface area contributed by atoms with Crippen molar-refractivity contribution >= 4 is 61.7 Å². The number of ether oxygens (including phenoxy) is 2. The minimum absolute atomic E-state index is 0.0900. The zero-order valence-corrected chi connectivity index (χ0v) is 23.7. The van der Waals surface area contributed by atoms with Crippen LogP contribution < -0.4 is 25.0 Å². The molecular formula is C29H27ClN4O4S2. The summed E-state index contributed by atoms with van der Waals surface area (Å²) >= 11 is 11.5. The van der Waals surface area contributed by atoms with Crippen LogP contribution in [-0.2, 0) is 14.8 Å². The summed E-state index contributed by atoms with van der Waals surface area (Å²) in [6, 6.07) is 28.3. The number of halogens is 1. The molecule has 0 saturated carbocycles. The first-order valence-electron chi connectivity index (χ1n) is 12.5. The van der Waals surface area contributed by atoms with Crippen molar-refractivity contribution in [2.24, 2.45) is 0 Å². The molecule has 1 fully saturated rings. The van der Waals surface area contributed by atoms with Gasteiger partial charge in [0.2, 0.25) is 0 Å². The highest BCUT2D eigenvalue weighted by molar-refractivity contribution is 7.92. The summed E-state index contributed by atoms with van der Waals surface area (Å²) in [5.41, 5.74) is 2.54. The lowest BCUT2D eigenvalue weighted by Crippen LogP contribution is -2.37. The van der Waals surface area contributed by atoms with Gasteiger partial charge in [0.25, 0.3) is 10.0 Å². The van der Waals surface area contributed by atoms with Crippen LogP contribution in [0.5, 0.6) is 11.5 Å². The zero-order valence-electron chi connectivity index (χ0n) is 21.3. The largest absolute Gasteiger partial charge is 0.457 e. The molecule has 1 saturated heterocycles. The number of hydrogen-bond donors (Lipinski definition) is 3. The predicted octanol–water partition coefficient (Wildman–Crippen LogP) is 6.58. The topological polar surface area (TPSA) is 91.9 Å². The molecule has 3 N–H and O–H groups in total. The molecule has 11 heteroatoms. The highest BCUT2D eigenvalue weighted by atomic mass is 35.5. The molecule has 4 aromatic carbocycles. The maximum atomic E-state index is 13.2. The summed E-state index contributed by atoms with van der Waals surface area (Å²) in [4.78, 5) is 2.22. The first kappa shape index (κ1) is 27.7. The van der Waals surface area contributed by atoms with Crippen molar-refractivity contribution in [3.05, 3.63) is 102 Å². The average molecular weight is 595 g/mol. The van der Waals surface area contributed by atoms with Gasteiger partial charge in [-0.25, -0.2) is 8.42 Å². The molecule has 206 valence electrons. The molecule has 0 radical (unpaired) electrons. The van der Waals surface area contributed by atoms with E-state index in [-0.39, 0.29) is 4.90 Å². The molecule has 1 heterocycles. The van der Waals surface area contributed by atoms with Gasteiger partial charge in [0.05, 0.1) is 29.5 Å². The summed E-state index contributed by atoms with van der Waals surface area (Å²) in [6.45, 7) is 2.51. The molecule has 8 nitrogen and oxygen atoms in total. The number of morpholine rings is 1. The molecule has 1 aliphatic rings. The Kier molecular flexibility index (Phi) is 8.71. The fourth-order valence-electron chi connectivity index (χ4n) is 4.11. The Morgan fingerprint density at radius 1 is 0.825 bits per heavy atom. The van der Waals surface area contributed by atoms with Gasteiger partial charge in [0.1, 0.15) is 11.5 Å². The van der Waals surface area contributed by atoms with Gasteiger partial charge in [-0.15, -0.1) is 0 Å². The van der Waals surface area contributed by atoms with Crippen LogP contribution in [0.2, 0.25) is 5.02 Å². The van der Waals surface area contributed by atoms with Gasteiger partial charge in [-0.1, -0.05) is 29.8 Å². The van der Waals surface area contributed by atoms with Crippen molar-refractivity contribution in [1.29, 1.82) is 0 Å². The summed E-state index contributed by atoms with van der Waals surface area (Å²) in [7, 11) is -3.88. The molecule has 40 heavy (non-hydrogen) atoms. The maximum absolute atomic E-state index is 13.2. The second-order valence-corrected chi connectivity index (χ2v) is 11.4. The van der Waals surface area contributed by atoms with E-state index in [1.807, 2.05) is 54.6 Å². The number of sulfonamides is 1. The van der Waals surface area contributed by atoms with E-state index in [2.05, 4.69) is 20.3 Å². The van der Waals surface area contributed by atoms with E-state index in [1.54, 1.807) is 42.5 Å². The predicted molar refractivity (Wildman–Crippen MR) is 165 cm³/mol. The van der Waals surface area contributed by atoms with Gasteiger partial charge in [-0.05, 0) is 91.1 Å². The average Bonchev–Trinajstić information content (AvgIpc) is 2.96. The number of para-hydroxylation sites is 1. The molecule has 0 unspecified atom stereocenters. The number of benzene rings is 4. The van der Waals surface area contributed by atoms with Crippen LogP contribution in [0.25, 0.3) is 0 Å². The van der Waals surface area contributed by atoms with Crippen molar-refractivity contribution in [1.82, 2.24) is 0 Å². The third-order valence-corrected chi connectivity index (χ3v) is 7.90. The van der Waals surface area contributed by atoms with Crippen LogP contribution in [0.1, 0.15) is 0 Å². The molecule has 1 aliphatic heterocycles. The summed E-state index contributed by atoms with van der Waals surface area (Å²) in [5, 5.41) is 7.18. The number of rotatable bonds is 8. The molecule has 4 aromatic rings. The quantitative estimate of drug-likeness (QED) is 0.197. The molecular weight excluding hydrogens is 568 g/mol. The molecule has 0 bridgehead atoms. The molecule has 0 aliphatic carbocycles. The van der Waals surface area contributed by atoms with Crippen molar-refractivity contribution in [3.63, 3.8) is 0 Å². The second kappa shape index (κ2) is 12.6. The van der Waals surface area contributed by atoms with Crippen molar-refractivity contribution in [2.75, 3.05) is 46.6 Å². The summed E-state index contributed by atoms with van der Waals surface area (Å²) < 4.78 is 40.3. The first-order valence-corrected chi connectivity index (χ1v) is 14.8. The Morgan fingerprint density at radius 3 is 2.17 bits per heavy atom. The highest BCUT2D eigenvalue weighted by Gasteiger charge is 2.21. The van der Waals surface area contributed by atoms with Crippen molar-refractivity contribution < 1.29 is 17.9 Å². The molecule has 0 aromatic heterocycles. The Morgan fingerprint density at radius 2 is 1.48 bits per heavy atom. The molecule has 0 spiro atoms. The third-order valence-electron chi connectivity index (χ3n) is 6.07. The minimum Gasteiger partial charge on any atom is -0.457 e. The van der Waals surface area contributed by atoms with E-state index in [4.69, 9.17) is 33.3 Å². The minimum atomic E-state index is -3.88. The first-order chi connectivity index (χ1) is 19.4. The number of nitrogens with zero attached hydrogens (tertiary/aromatic N) is 1. The lowest BCUT2D eigenvalue weighted by molar-refractivity contribution is 0.123. The Labute approximate surface area is 243 Å². The van der Waals surface area contributed by atoms with Crippen molar-refractivity contribution in [3.8, 4) is 11.5 Å². The van der Waals surface area contributed by atoms with Gasteiger partial charge >= 0.3 is 0 Å². The number of thiocarbonyl (C=S) groups is 1. The van der Waals surface area contributed by atoms with Gasteiger partial charge in [-0.2, -0.15) is 0 Å². The van der Waals surface area contributed by atoms with E-state index >= 15 is 0 Å². The van der Waals surface area contributed by atoms with Crippen molar-refractivity contribution in [2.45, 2.75) is 4.90 Å². The number of nitrogens with one attached hydrogen (secondary N) is 3. The van der Waals surface area contributed by atoms with E-state index < -0.39 is 10.0 Å². The summed E-state index contributed by atoms with van der Waals surface area (Å²) in [6.07, 6.45) is 0. The highest BCUT2D eigenvalue weighted by Crippen LogP contribution is 2.31. The number of hydrogen-bond acceptors (Lipinski definition) is 6. The van der Waals surface area contributed by atoms with E-state index in [1.165, 1.54) is 0 Å². The monoisotopic (exact) mass is 594 g/mol. The van der Waals surface area contributed by atoms with Gasteiger partial charge in [0, 0.05) is 29.5 Å². The zero-order chi connectivity index (χ0) is 28.0. The SMILES string of the molecule is O=S(=O)(Nc1ccc(Cl)cc1)c1ccc(N2CCOCC2)c(NC(=S)Nc2ccc(Oc3ccccc3)cc2)c1. The standard InChI is InChI=1S/C29H27ClN4O4S2/c30-21-6-8-23(9-7-21)33-40(35,36)26-14-15-28(34-16-18-37-19-17-34)27(20-26)32-29(39)31-22-10-12-25(13-11-22)38-24-4-2-1-3-5-24/h1-15,20,33H,16-19H2,(H2,31,32,39). The molecule has 0 amide bonds. The lowest BCUT2D eigenvalue weighted by Gasteiger charge is -2.31. The molecule has 0 atom stereocenters. The Balaban J connectivity index is 1.33. The third kappa shape index (κ3) is 7.22. The van der Waals surface area contributed by atoms with Crippen LogP contribution in [0, 0.1) is 0 Å². The lowest BCUT2D eigenvalue weighted by atomic mass is 10.2. The Hall–Kier alpha value is -3.83.